The Labute approximate surface area is 127 Å². The van der Waals surface area contributed by atoms with Crippen LogP contribution in [0.25, 0.3) is 10.9 Å². The molecule has 22 heavy (non-hydrogen) atoms. The lowest BCUT2D eigenvalue weighted by Gasteiger charge is -2.34. The fraction of sp³-hybridized carbons (Fsp3) is 0.235. The molecule has 0 saturated heterocycles. The first-order valence-corrected chi connectivity index (χ1v) is 7.25. The zero-order valence-electron chi connectivity index (χ0n) is 12.2. The van der Waals surface area contributed by atoms with E-state index in [1.54, 1.807) is 18.4 Å². The molecule has 4 rings (SSSR count). The number of para-hydroxylation sites is 1. The molecule has 1 aliphatic heterocycles. The Hall–Kier alpha value is -2.53. The largest absolute Gasteiger partial charge is 0.467 e. The lowest BCUT2D eigenvalue weighted by atomic mass is 9.84. The number of aromatic amines is 1. The molecule has 0 radical (unpaired) electrons. The van der Waals surface area contributed by atoms with Gasteiger partial charge >= 0.3 is 5.97 Å². The Morgan fingerprint density at radius 2 is 2.14 bits per heavy atom. The van der Waals surface area contributed by atoms with Crippen LogP contribution in [0.4, 0.5) is 0 Å². The van der Waals surface area contributed by atoms with Crippen LogP contribution in [0.2, 0.25) is 0 Å². The molecule has 1 aromatic carbocycles. The van der Waals surface area contributed by atoms with Gasteiger partial charge in [0.25, 0.3) is 0 Å². The van der Waals surface area contributed by atoms with Gasteiger partial charge in [-0.1, -0.05) is 18.2 Å². The highest BCUT2D eigenvalue weighted by molar-refractivity contribution is 5.92. The SMILES string of the molecule is COC(=O)C1(c2ccco2)NCCc2c1[nH]c1ccccc21. The lowest BCUT2D eigenvalue weighted by molar-refractivity contribution is -0.148. The van der Waals surface area contributed by atoms with Crippen LogP contribution in [0.5, 0.6) is 0 Å². The number of esters is 1. The van der Waals surface area contributed by atoms with E-state index in [1.807, 2.05) is 18.2 Å². The van der Waals surface area contributed by atoms with Gasteiger partial charge in [-0.2, -0.15) is 0 Å². The highest BCUT2D eigenvalue weighted by Crippen LogP contribution is 2.39. The second kappa shape index (κ2) is 4.74. The van der Waals surface area contributed by atoms with Crippen molar-refractivity contribution in [2.75, 3.05) is 13.7 Å². The third-order valence-corrected chi connectivity index (χ3v) is 4.34. The molecule has 2 aromatic heterocycles. The molecule has 0 fully saturated rings. The van der Waals surface area contributed by atoms with Crippen molar-refractivity contribution in [3.8, 4) is 0 Å². The molecule has 3 heterocycles. The number of rotatable bonds is 2. The summed E-state index contributed by atoms with van der Waals surface area (Å²) in [7, 11) is 1.39. The third-order valence-electron chi connectivity index (χ3n) is 4.34. The molecule has 0 spiro atoms. The molecule has 112 valence electrons. The molecule has 5 heteroatoms. The van der Waals surface area contributed by atoms with Crippen LogP contribution in [0.1, 0.15) is 17.0 Å². The number of H-pyrrole nitrogens is 1. The molecule has 0 aliphatic carbocycles. The second-order valence-electron chi connectivity index (χ2n) is 5.42. The van der Waals surface area contributed by atoms with E-state index < -0.39 is 5.54 Å². The fourth-order valence-corrected chi connectivity index (χ4v) is 3.37. The number of benzene rings is 1. The number of carbonyl (C=O) groups is 1. The third kappa shape index (κ3) is 1.60. The number of hydrogen-bond acceptors (Lipinski definition) is 4. The maximum atomic E-state index is 12.7. The Balaban J connectivity index is 2.05. The van der Waals surface area contributed by atoms with E-state index in [0.717, 1.165) is 28.6 Å². The molecule has 1 atom stereocenters. The second-order valence-corrected chi connectivity index (χ2v) is 5.42. The van der Waals surface area contributed by atoms with Crippen molar-refractivity contribution in [3.05, 3.63) is 59.7 Å². The first-order valence-electron chi connectivity index (χ1n) is 7.25. The van der Waals surface area contributed by atoms with Crippen molar-refractivity contribution in [2.45, 2.75) is 12.0 Å². The average molecular weight is 296 g/mol. The molecular formula is C17H16N2O3. The van der Waals surface area contributed by atoms with Crippen molar-refractivity contribution in [1.29, 1.82) is 0 Å². The van der Waals surface area contributed by atoms with Gasteiger partial charge in [-0.05, 0) is 30.2 Å². The van der Waals surface area contributed by atoms with Crippen molar-refractivity contribution >= 4 is 16.9 Å². The fourth-order valence-electron chi connectivity index (χ4n) is 3.37. The number of methoxy groups -OCH3 is 1. The summed E-state index contributed by atoms with van der Waals surface area (Å²) >= 11 is 0. The van der Waals surface area contributed by atoms with E-state index in [-0.39, 0.29) is 5.97 Å². The highest BCUT2D eigenvalue weighted by Gasteiger charge is 2.50. The molecule has 2 N–H and O–H groups in total. The van der Waals surface area contributed by atoms with Crippen molar-refractivity contribution in [2.24, 2.45) is 0 Å². The van der Waals surface area contributed by atoms with Gasteiger partial charge in [-0.15, -0.1) is 0 Å². The molecule has 0 amide bonds. The van der Waals surface area contributed by atoms with Crippen LogP contribution in [0.15, 0.2) is 47.1 Å². The Bertz CT molecular complexity index is 835. The van der Waals surface area contributed by atoms with E-state index in [2.05, 4.69) is 16.4 Å². The first kappa shape index (κ1) is 13.2. The smallest absolute Gasteiger partial charge is 0.340 e. The molecule has 3 aromatic rings. The van der Waals surface area contributed by atoms with Crippen molar-refractivity contribution < 1.29 is 13.9 Å². The summed E-state index contributed by atoms with van der Waals surface area (Å²) in [5.74, 6) is 0.154. The van der Waals surface area contributed by atoms with Gasteiger partial charge < -0.3 is 14.1 Å². The van der Waals surface area contributed by atoms with Gasteiger partial charge in [0.1, 0.15) is 5.76 Å². The summed E-state index contributed by atoms with van der Waals surface area (Å²) in [5, 5.41) is 4.44. The minimum absolute atomic E-state index is 0.380. The predicted octanol–water partition coefficient (Wildman–Crippen LogP) is 2.32. The quantitative estimate of drug-likeness (QED) is 0.712. The Morgan fingerprint density at radius 3 is 2.91 bits per heavy atom. The van der Waals surface area contributed by atoms with Crippen LogP contribution >= 0.6 is 0 Å². The van der Waals surface area contributed by atoms with E-state index in [4.69, 9.17) is 9.15 Å². The summed E-state index contributed by atoms with van der Waals surface area (Å²) in [6.07, 6.45) is 2.41. The van der Waals surface area contributed by atoms with E-state index in [9.17, 15) is 4.79 Å². The minimum atomic E-state index is -1.12. The van der Waals surface area contributed by atoms with E-state index in [0.29, 0.717) is 12.3 Å². The number of hydrogen-bond donors (Lipinski definition) is 2. The monoisotopic (exact) mass is 296 g/mol. The number of ether oxygens (including phenoxy) is 1. The van der Waals surface area contributed by atoms with Crippen LogP contribution in [-0.4, -0.2) is 24.6 Å². The van der Waals surface area contributed by atoms with Gasteiger partial charge in [0, 0.05) is 17.4 Å². The standard InChI is InChI=1S/C17H16N2O3/c1-21-16(20)17(14-7-4-10-22-14)15-12(8-9-18-17)11-5-2-3-6-13(11)19-15/h2-7,10,18-19H,8-9H2,1H3. The van der Waals surface area contributed by atoms with Crippen molar-refractivity contribution in [3.63, 3.8) is 0 Å². The lowest BCUT2D eigenvalue weighted by Crippen LogP contribution is -2.54. The molecule has 0 saturated carbocycles. The van der Waals surface area contributed by atoms with Crippen LogP contribution in [-0.2, 0) is 21.5 Å². The zero-order chi connectivity index (χ0) is 15.2. The zero-order valence-corrected chi connectivity index (χ0v) is 12.2. The van der Waals surface area contributed by atoms with Gasteiger partial charge in [-0.25, -0.2) is 4.79 Å². The van der Waals surface area contributed by atoms with Crippen LogP contribution in [0.3, 0.4) is 0 Å². The number of nitrogens with one attached hydrogen (secondary N) is 2. The van der Waals surface area contributed by atoms with E-state index in [1.165, 1.54) is 7.11 Å². The Morgan fingerprint density at radius 1 is 1.27 bits per heavy atom. The maximum Gasteiger partial charge on any atom is 0.340 e. The van der Waals surface area contributed by atoms with Gasteiger partial charge in [0.05, 0.1) is 19.1 Å². The first-order chi connectivity index (χ1) is 10.8. The van der Waals surface area contributed by atoms with Gasteiger partial charge in [0.2, 0.25) is 5.54 Å². The van der Waals surface area contributed by atoms with Crippen LogP contribution in [0, 0.1) is 0 Å². The van der Waals surface area contributed by atoms with Crippen LogP contribution < -0.4 is 5.32 Å². The highest BCUT2D eigenvalue weighted by atomic mass is 16.5. The molecular weight excluding hydrogens is 280 g/mol. The summed E-state index contributed by atoms with van der Waals surface area (Å²) < 4.78 is 10.7. The summed E-state index contributed by atoms with van der Waals surface area (Å²) in [6, 6.07) is 11.6. The maximum absolute atomic E-state index is 12.7. The molecule has 1 unspecified atom stereocenters. The molecule has 1 aliphatic rings. The normalized spacial score (nSPS) is 20.8. The molecule has 0 bridgehead atoms. The summed E-state index contributed by atoms with van der Waals surface area (Å²) in [5.41, 5.74) is 1.83. The topological polar surface area (TPSA) is 67.3 Å². The summed E-state index contributed by atoms with van der Waals surface area (Å²) in [6.45, 7) is 0.671. The average Bonchev–Trinajstić information content (AvgIpc) is 3.21. The molecule has 5 nitrogen and oxygen atoms in total. The number of fused-ring (bicyclic) bond motifs is 3. The number of aromatic nitrogens is 1. The van der Waals surface area contributed by atoms with Gasteiger partial charge in [0.15, 0.2) is 0 Å². The van der Waals surface area contributed by atoms with Gasteiger partial charge in [-0.3, -0.25) is 5.32 Å². The number of furan rings is 1. The Kier molecular flexibility index (Phi) is 2.84. The minimum Gasteiger partial charge on any atom is -0.467 e. The number of carbonyl (C=O) groups excluding carboxylic acids is 1. The predicted molar refractivity (Wildman–Crippen MR) is 81.5 cm³/mol. The van der Waals surface area contributed by atoms with Crippen molar-refractivity contribution in [1.82, 2.24) is 10.3 Å². The summed E-state index contributed by atoms with van der Waals surface area (Å²) in [4.78, 5) is 16.0. The van der Waals surface area contributed by atoms with E-state index >= 15 is 0 Å².